The summed E-state index contributed by atoms with van der Waals surface area (Å²) in [6, 6.07) is 19.6. The van der Waals surface area contributed by atoms with Gasteiger partial charge in [0.1, 0.15) is 11.5 Å². The number of hydrogen-bond donors (Lipinski definition) is 2. The van der Waals surface area contributed by atoms with Crippen LogP contribution in [0.1, 0.15) is 36.8 Å². The van der Waals surface area contributed by atoms with Gasteiger partial charge in [0.25, 0.3) is 0 Å². The third kappa shape index (κ3) is 5.13. The van der Waals surface area contributed by atoms with Gasteiger partial charge in [0.2, 0.25) is 0 Å². The Morgan fingerprint density at radius 2 is 1.15 bits per heavy atom. The second-order valence-electron chi connectivity index (χ2n) is 8.48. The summed E-state index contributed by atoms with van der Waals surface area (Å²) in [6.45, 7) is 0. The molecule has 2 aromatic heterocycles. The minimum atomic E-state index is 0.0532. The molecule has 1 aliphatic rings. The van der Waals surface area contributed by atoms with Gasteiger partial charge in [0, 0.05) is 33.3 Å². The van der Waals surface area contributed by atoms with Crippen molar-refractivity contribution in [1.82, 2.24) is 0 Å². The first-order valence-electron chi connectivity index (χ1n) is 11.5. The van der Waals surface area contributed by atoms with Crippen molar-refractivity contribution < 1.29 is 10.2 Å². The monoisotopic (exact) mass is 486 g/mol. The smallest absolute Gasteiger partial charge is 0.124 e. The Balaban J connectivity index is 1.35. The Morgan fingerprint density at radius 1 is 0.676 bits per heavy atom. The third-order valence-corrected chi connectivity index (χ3v) is 8.01. The predicted octanol–water partition coefficient (Wildman–Crippen LogP) is 7.40. The van der Waals surface area contributed by atoms with Gasteiger partial charge in [-0.3, -0.25) is 9.98 Å². The van der Waals surface area contributed by atoms with Crippen molar-refractivity contribution in [2.75, 3.05) is 0 Å². The van der Waals surface area contributed by atoms with Gasteiger partial charge in [-0.2, -0.15) is 0 Å². The SMILES string of the molecule is Oc1ccc(-c2cccs2)cc1C=N[C@H]1CCCC[C@@H]1N=Cc1cc(-c2cccs2)ccc1O. The van der Waals surface area contributed by atoms with Crippen molar-refractivity contribution in [2.24, 2.45) is 9.98 Å². The van der Waals surface area contributed by atoms with E-state index in [1.165, 1.54) is 9.75 Å². The number of phenolic OH excluding ortho intramolecular Hbond substituents is 2. The Labute approximate surface area is 207 Å². The molecule has 0 unspecified atom stereocenters. The summed E-state index contributed by atoms with van der Waals surface area (Å²) in [4.78, 5) is 12.0. The number of rotatable bonds is 6. The lowest BCUT2D eigenvalue weighted by Crippen LogP contribution is -2.27. The molecule has 172 valence electrons. The number of aliphatic imine (C=N–C) groups is 2. The van der Waals surface area contributed by atoms with E-state index in [0.29, 0.717) is 0 Å². The average molecular weight is 487 g/mol. The van der Waals surface area contributed by atoms with Crippen molar-refractivity contribution in [3.8, 4) is 32.4 Å². The van der Waals surface area contributed by atoms with Crippen LogP contribution in [0.25, 0.3) is 20.9 Å². The van der Waals surface area contributed by atoms with Gasteiger partial charge in [-0.05, 0) is 83.3 Å². The number of nitrogens with zero attached hydrogens (tertiary/aromatic N) is 2. The van der Waals surface area contributed by atoms with E-state index < -0.39 is 0 Å². The average Bonchev–Trinajstić information content (AvgIpc) is 3.58. The summed E-state index contributed by atoms with van der Waals surface area (Å²) < 4.78 is 0. The van der Waals surface area contributed by atoms with Gasteiger partial charge < -0.3 is 10.2 Å². The molecule has 2 atom stereocenters. The molecule has 0 amide bonds. The summed E-state index contributed by atoms with van der Waals surface area (Å²) in [7, 11) is 0. The second kappa shape index (κ2) is 10.4. The molecular formula is C28H26N2O2S2. The summed E-state index contributed by atoms with van der Waals surface area (Å²) >= 11 is 3.36. The van der Waals surface area contributed by atoms with Crippen LogP contribution in [-0.4, -0.2) is 34.7 Å². The van der Waals surface area contributed by atoms with Gasteiger partial charge >= 0.3 is 0 Å². The highest BCUT2D eigenvalue weighted by Gasteiger charge is 2.23. The molecule has 2 aromatic carbocycles. The molecule has 1 aliphatic carbocycles. The van der Waals surface area contributed by atoms with Crippen molar-refractivity contribution in [1.29, 1.82) is 0 Å². The summed E-state index contributed by atoms with van der Waals surface area (Å²) in [5.74, 6) is 0.463. The lowest BCUT2D eigenvalue weighted by Gasteiger charge is -2.25. The number of benzene rings is 2. The largest absolute Gasteiger partial charge is 0.507 e. The highest BCUT2D eigenvalue weighted by Crippen LogP contribution is 2.31. The van der Waals surface area contributed by atoms with Crippen molar-refractivity contribution in [3.63, 3.8) is 0 Å². The van der Waals surface area contributed by atoms with Crippen LogP contribution >= 0.6 is 22.7 Å². The minimum Gasteiger partial charge on any atom is -0.507 e. The molecule has 2 N–H and O–H groups in total. The fraction of sp³-hybridized carbons (Fsp3) is 0.214. The van der Waals surface area contributed by atoms with E-state index in [1.807, 2.05) is 36.4 Å². The highest BCUT2D eigenvalue weighted by molar-refractivity contribution is 7.13. The fourth-order valence-electron chi connectivity index (χ4n) is 4.30. The molecule has 0 spiro atoms. The van der Waals surface area contributed by atoms with E-state index in [2.05, 4.69) is 22.9 Å². The van der Waals surface area contributed by atoms with Gasteiger partial charge in [-0.25, -0.2) is 0 Å². The minimum absolute atomic E-state index is 0.0532. The van der Waals surface area contributed by atoms with Crippen molar-refractivity contribution >= 4 is 35.1 Å². The molecule has 0 bridgehead atoms. The summed E-state index contributed by atoms with van der Waals surface area (Å²) in [5, 5.41) is 24.8. The summed E-state index contributed by atoms with van der Waals surface area (Å²) in [6.07, 6.45) is 7.75. The van der Waals surface area contributed by atoms with Crippen molar-refractivity contribution in [3.05, 3.63) is 82.6 Å². The van der Waals surface area contributed by atoms with Gasteiger partial charge in [0.05, 0.1) is 12.1 Å². The van der Waals surface area contributed by atoms with Crippen LogP contribution in [-0.2, 0) is 0 Å². The molecular weight excluding hydrogens is 460 g/mol. The third-order valence-electron chi connectivity index (χ3n) is 6.17. The fourth-order valence-corrected chi connectivity index (χ4v) is 5.75. The quantitative estimate of drug-likeness (QED) is 0.279. The van der Waals surface area contributed by atoms with Crippen LogP contribution in [0, 0.1) is 0 Å². The molecule has 4 nitrogen and oxygen atoms in total. The highest BCUT2D eigenvalue weighted by atomic mass is 32.1. The zero-order chi connectivity index (χ0) is 23.3. The number of hydrogen-bond acceptors (Lipinski definition) is 6. The van der Waals surface area contributed by atoms with E-state index in [-0.39, 0.29) is 23.6 Å². The van der Waals surface area contributed by atoms with Gasteiger partial charge in [0.15, 0.2) is 0 Å². The number of phenols is 2. The molecule has 5 rings (SSSR count). The first kappa shape index (κ1) is 22.6. The molecule has 0 aliphatic heterocycles. The second-order valence-corrected chi connectivity index (χ2v) is 10.4. The van der Waals surface area contributed by atoms with E-state index in [9.17, 15) is 10.2 Å². The maximum Gasteiger partial charge on any atom is 0.124 e. The van der Waals surface area contributed by atoms with Gasteiger partial charge in [-0.1, -0.05) is 25.0 Å². The molecule has 1 saturated carbocycles. The molecule has 34 heavy (non-hydrogen) atoms. The Bertz CT molecular complexity index is 1190. The molecule has 4 aromatic rings. The first-order valence-corrected chi connectivity index (χ1v) is 13.2. The van der Waals surface area contributed by atoms with Crippen LogP contribution in [0.3, 0.4) is 0 Å². The molecule has 2 heterocycles. The molecule has 0 saturated heterocycles. The van der Waals surface area contributed by atoms with E-state index in [4.69, 9.17) is 9.98 Å². The predicted molar refractivity (Wildman–Crippen MR) is 144 cm³/mol. The van der Waals surface area contributed by atoms with Crippen LogP contribution in [0.2, 0.25) is 0 Å². The standard InChI is InChI=1S/C28H26N2O2S2/c31-25-11-9-19(27-7-3-13-33-27)15-21(25)17-29-23-5-1-2-6-24(23)30-18-22-16-20(10-12-26(22)32)28-8-4-14-34-28/h3-4,7-18,23-24,31-32H,1-2,5-6H2/t23-,24-/m0/s1. The topological polar surface area (TPSA) is 65.2 Å². The van der Waals surface area contributed by atoms with E-state index in [0.717, 1.165) is 47.9 Å². The van der Waals surface area contributed by atoms with Gasteiger partial charge in [-0.15, -0.1) is 22.7 Å². The van der Waals surface area contributed by atoms with Crippen LogP contribution < -0.4 is 0 Å². The maximum absolute atomic E-state index is 10.4. The zero-order valence-electron chi connectivity index (χ0n) is 18.7. The lowest BCUT2D eigenvalue weighted by atomic mass is 9.91. The van der Waals surface area contributed by atoms with Crippen LogP contribution in [0.5, 0.6) is 11.5 Å². The Hall–Kier alpha value is -3.22. The van der Waals surface area contributed by atoms with Crippen LogP contribution in [0.15, 0.2) is 81.4 Å². The van der Waals surface area contributed by atoms with E-state index >= 15 is 0 Å². The normalized spacial score (nSPS) is 18.7. The maximum atomic E-state index is 10.4. The lowest BCUT2D eigenvalue weighted by molar-refractivity contribution is 0.390. The molecule has 6 heteroatoms. The van der Waals surface area contributed by atoms with Crippen LogP contribution in [0.4, 0.5) is 0 Å². The Morgan fingerprint density at radius 3 is 1.56 bits per heavy atom. The molecule has 0 radical (unpaired) electrons. The number of thiophene rings is 2. The number of aromatic hydroxyl groups is 2. The summed E-state index contributed by atoms with van der Waals surface area (Å²) in [5.41, 5.74) is 3.60. The zero-order valence-corrected chi connectivity index (χ0v) is 20.3. The first-order chi connectivity index (χ1) is 16.7. The van der Waals surface area contributed by atoms with E-state index in [1.54, 1.807) is 47.2 Å². The Kier molecular flexibility index (Phi) is 6.88. The molecule has 1 fully saturated rings. The van der Waals surface area contributed by atoms with Crippen molar-refractivity contribution in [2.45, 2.75) is 37.8 Å².